The van der Waals surface area contributed by atoms with Crippen LogP contribution in [0.5, 0.6) is 0 Å². The lowest BCUT2D eigenvalue weighted by molar-refractivity contribution is 0.205. The molecule has 0 aliphatic rings. The van der Waals surface area contributed by atoms with Gasteiger partial charge in [0.15, 0.2) is 0 Å². The van der Waals surface area contributed by atoms with Crippen molar-refractivity contribution in [2.75, 3.05) is 18.6 Å². The Morgan fingerprint density at radius 2 is 1.94 bits per heavy atom. The second-order valence-corrected chi connectivity index (χ2v) is 10.6. The lowest BCUT2D eigenvalue weighted by Crippen LogP contribution is -2.13. The zero-order valence-electron chi connectivity index (χ0n) is 17.0. The quantitative estimate of drug-likeness (QED) is 0.268. The number of thioether (sulfide) groups is 1. The lowest BCUT2D eigenvalue weighted by Gasteiger charge is -2.11. The van der Waals surface area contributed by atoms with Crippen molar-refractivity contribution in [3.8, 4) is 11.1 Å². The topological polar surface area (TPSA) is 122 Å². The van der Waals surface area contributed by atoms with Crippen LogP contribution < -0.4 is 11.1 Å². The van der Waals surface area contributed by atoms with Gasteiger partial charge in [0.25, 0.3) is 0 Å². The number of benzene rings is 2. The fourth-order valence-corrected chi connectivity index (χ4v) is 7.02. The molecule has 31 heavy (non-hydrogen) atoms. The number of hydrogen-bond donors (Lipinski definition) is 3. The fourth-order valence-electron chi connectivity index (χ4n) is 3.07. The molecule has 10 heteroatoms. The second kappa shape index (κ2) is 9.13. The molecule has 0 fully saturated rings. The van der Waals surface area contributed by atoms with Gasteiger partial charge in [0.2, 0.25) is 9.84 Å². The number of amidine groups is 1. The van der Waals surface area contributed by atoms with E-state index in [1.165, 1.54) is 17.8 Å². The van der Waals surface area contributed by atoms with Crippen LogP contribution in [-0.2, 0) is 9.84 Å². The summed E-state index contributed by atoms with van der Waals surface area (Å²) in [7, 11) is -2.02. The minimum atomic E-state index is -3.86. The van der Waals surface area contributed by atoms with Crippen LogP contribution in [0.25, 0.3) is 11.1 Å². The van der Waals surface area contributed by atoms with Gasteiger partial charge in [0, 0.05) is 12.7 Å². The Balaban J connectivity index is 2.09. The van der Waals surface area contributed by atoms with Gasteiger partial charge in [-0.3, -0.25) is 0 Å². The number of nitrogens with two attached hydrogens (primary N) is 1. The van der Waals surface area contributed by atoms with E-state index in [1.54, 1.807) is 24.5 Å². The normalized spacial score (nSPS) is 12.0. The number of amides is 1. The van der Waals surface area contributed by atoms with Gasteiger partial charge in [-0.15, -0.1) is 23.1 Å². The molecular weight excluding hydrogens is 454 g/mol. The maximum absolute atomic E-state index is 13.4. The van der Waals surface area contributed by atoms with Crippen LogP contribution in [0.15, 0.2) is 67.5 Å². The molecule has 0 atom stereocenters. The van der Waals surface area contributed by atoms with Crippen LogP contribution in [0.4, 0.5) is 10.5 Å². The zero-order valence-corrected chi connectivity index (χ0v) is 19.5. The highest BCUT2D eigenvalue weighted by atomic mass is 32.2. The standard InChI is InChI=1S/C21H21N3O4S3/c1-12-9-14(23-2)7-8-16(12)13-5-4-6-15(10-13)31(27,28)18-11-17(30-20(18)29-3)19(22)24-21(25)26/h4-11,23H,1-3H3,(H2,22,24)(H,25,26). The first-order valence-electron chi connectivity index (χ1n) is 9.06. The molecular formula is C21H21N3O4S3. The molecule has 0 saturated heterocycles. The van der Waals surface area contributed by atoms with Crippen LogP contribution in [0, 0.1) is 6.92 Å². The number of carbonyl (C=O) groups is 1. The largest absolute Gasteiger partial charge is 0.463 e. The van der Waals surface area contributed by atoms with Gasteiger partial charge in [-0.2, -0.15) is 4.99 Å². The minimum Gasteiger partial charge on any atom is -0.463 e. The van der Waals surface area contributed by atoms with Gasteiger partial charge in [-0.1, -0.05) is 18.2 Å². The molecule has 3 rings (SSSR count). The first-order valence-corrected chi connectivity index (χ1v) is 12.6. The van der Waals surface area contributed by atoms with Crippen molar-refractivity contribution in [1.29, 1.82) is 0 Å². The van der Waals surface area contributed by atoms with Gasteiger partial charge >= 0.3 is 6.09 Å². The summed E-state index contributed by atoms with van der Waals surface area (Å²) in [6.07, 6.45) is 0.316. The molecule has 0 saturated carbocycles. The maximum Gasteiger partial charge on any atom is 0.433 e. The average Bonchev–Trinajstić information content (AvgIpc) is 3.19. The van der Waals surface area contributed by atoms with Crippen LogP contribution >= 0.6 is 23.1 Å². The van der Waals surface area contributed by atoms with Gasteiger partial charge in [0.05, 0.1) is 18.9 Å². The highest BCUT2D eigenvalue weighted by molar-refractivity contribution is 8.01. The Bertz CT molecular complexity index is 1280. The predicted molar refractivity (Wildman–Crippen MR) is 126 cm³/mol. The van der Waals surface area contributed by atoms with Crippen LogP contribution in [0.2, 0.25) is 0 Å². The van der Waals surface area contributed by atoms with Crippen molar-refractivity contribution in [3.05, 3.63) is 59.0 Å². The Kier molecular flexibility index (Phi) is 6.73. The molecule has 1 amide bonds. The number of thiophene rings is 1. The molecule has 3 aromatic rings. The lowest BCUT2D eigenvalue weighted by atomic mass is 10.00. The highest BCUT2D eigenvalue weighted by Gasteiger charge is 2.25. The molecule has 4 N–H and O–H groups in total. The zero-order chi connectivity index (χ0) is 22.8. The number of hydrogen-bond acceptors (Lipinski definition) is 6. The summed E-state index contributed by atoms with van der Waals surface area (Å²) >= 11 is 2.35. The number of nitrogens with zero attached hydrogens (tertiary/aromatic N) is 1. The second-order valence-electron chi connectivity index (χ2n) is 6.56. The number of aliphatic imine (C=N–C) groups is 1. The van der Waals surface area contributed by atoms with Crippen molar-refractivity contribution in [1.82, 2.24) is 0 Å². The minimum absolute atomic E-state index is 0.0861. The van der Waals surface area contributed by atoms with E-state index < -0.39 is 15.9 Å². The smallest absolute Gasteiger partial charge is 0.433 e. The summed E-state index contributed by atoms with van der Waals surface area (Å²) in [4.78, 5) is 14.6. The van der Waals surface area contributed by atoms with E-state index in [0.717, 1.165) is 33.7 Å². The summed E-state index contributed by atoms with van der Waals surface area (Å²) in [5, 5.41) is 11.9. The van der Waals surface area contributed by atoms with E-state index >= 15 is 0 Å². The number of aryl methyl sites for hydroxylation is 1. The van der Waals surface area contributed by atoms with Gasteiger partial charge < -0.3 is 16.2 Å². The summed E-state index contributed by atoms with van der Waals surface area (Å²) in [5.74, 6) is -0.233. The Hall–Kier alpha value is -2.82. The first-order chi connectivity index (χ1) is 14.7. The van der Waals surface area contributed by atoms with E-state index in [0.29, 0.717) is 9.09 Å². The van der Waals surface area contributed by atoms with Crippen LogP contribution in [0.1, 0.15) is 10.4 Å². The molecule has 2 aromatic carbocycles. The van der Waals surface area contributed by atoms with Crippen molar-refractivity contribution in [3.63, 3.8) is 0 Å². The highest BCUT2D eigenvalue weighted by Crippen LogP contribution is 2.38. The number of anilines is 1. The number of nitrogens with one attached hydrogen (secondary N) is 1. The first kappa shape index (κ1) is 22.9. The SMILES string of the molecule is CNc1ccc(-c2cccc(S(=O)(=O)c3cc(/C(N)=N/C(=O)O)sc3SC)c2)c(C)c1. The van der Waals surface area contributed by atoms with E-state index in [4.69, 9.17) is 10.8 Å². The molecule has 162 valence electrons. The van der Waals surface area contributed by atoms with Gasteiger partial charge in [0.1, 0.15) is 5.84 Å². The Morgan fingerprint density at radius 3 is 2.55 bits per heavy atom. The van der Waals surface area contributed by atoms with Gasteiger partial charge in [-0.05, 0) is 60.2 Å². The number of rotatable bonds is 6. The Labute approximate surface area is 189 Å². The molecule has 0 radical (unpaired) electrons. The summed E-state index contributed by atoms with van der Waals surface area (Å²) in [6.45, 7) is 1.97. The van der Waals surface area contributed by atoms with E-state index in [-0.39, 0.29) is 15.6 Å². The average molecular weight is 476 g/mol. The van der Waals surface area contributed by atoms with E-state index in [9.17, 15) is 13.2 Å². The monoisotopic (exact) mass is 475 g/mol. The predicted octanol–water partition coefficient (Wildman–Crippen LogP) is 4.70. The molecule has 0 aliphatic carbocycles. The molecule has 1 aromatic heterocycles. The fraction of sp³-hybridized carbons (Fsp3) is 0.143. The third kappa shape index (κ3) is 4.76. The van der Waals surface area contributed by atoms with Crippen molar-refractivity contribution in [2.24, 2.45) is 10.7 Å². The number of sulfone groups is 1. The molecule has 0 spiro atoms. The van der Waals surface area contributed by atoms with Crippen molar-refractivity contribution >= 4 is 50.6 Å². The molecule has 0 aliphatic heterocycles. The third-order valence-electron chi connectivity index (χ3n) is 4.58. The van der Waals surface area contributed by atoms with Gasteiger partial charge in [-0.25, -0.2) is 13.2 Å². The Morgan fingerprint density at radius 1 is 1.19 bits per heavy atom. The molecule has 0 bridgehead atoms. The molecule has 1 heterocycles. The summed E-state index contributed by atoms with van der Waals surface area (Å²) in [6, 6.07) is 14.0. The summed E-state index contributed by atoms with van der Waals surface area (Å²) in [5.41, 5.74) is 9.44. The van der Waals surface area contributed by atoms with E-state index in [1.807, 2.05) is 38.2 Å². The van der Waals surface area contributed by atoms with Crippen molar-refractivity contribution < 1.29 is 18.3 Å². The van der Waals surface area contributed by atoms with Crippen LogP contribution in [0.3, 0.4) is 0 Å². The molecule has 7 nitrogen and oxygen atoms in total. The maximum atomic E-state index is 13.4. The van der Waals surface area contributed by atoms with E-state index in [2.05, 4.69) is 10.3 Å². The summed E-state index contributed by atoms with van der Waals surface area (Å²) < 4.78 is 27.4. The third-order valence-corrected chi connectivity index (χ3v) is 8.91. The van der Waals surface area contributed by atoms with Crippen molar-refractivity contribution in [2.45, 2.75) is 20.9 Å². The van der Waals surface area contributed by atoms with Crippen LogP contribution in [-0.4, -0.2) is 38.8 Å². The number of carboxylic acid groups (broad SMARTS) is 1. The molecule has 0 unspecified atom stereocenters.